The summed E-state index contributed by atoms with van der Waals surface area (Å²) in [5, 5.41) is 6.27. The highest BCUT2D eigenvalue weighted by molar-refractivity contribution is 5.84. The number of nitrogens with one attached hydrogen (secondary N) is 2. The van der Waals surface area contributed by atoms with Crippen LogP contribution in [0.4, 0.5) is 5.69 Å². The Morgan fingerprint density at radius 3 is 2.68 bits per heavy atom. The first-order valence-electron chi connectivity index (χ1n) is 7.92. The van der Waals surface area contributed by atoms with Gasteiger partial charge in [-0.2, -0.15) is 0 Å². The van der Waals surface area contributed by atoms with Gasteiger partial charge in [0, 0.05) is 12.2 Å². The molecule has 22 heavy (non-hydrogen) atoms. The van der Waals surface area contributed by atoms with E-state index < -0.39 is 0 Å². The molecule has 0 aromatic heterocycles. The average molecular weight is 294 g/mol. The van der Waals surface area contributed by atoms with E-state index in [-0.39, 0.29) is 11.9 Å². The van der Waals surface area contributed by atoms with Crippen LogP contribution >= 0.6 is 0 Å². The first-order valence-corrected chi connectivity index (χ1v) is 7.92. The SMILES string of the molecule is CC(Nc1ccc2c(c1)CCC2)C(=O)NCc1ccccc1. The predicted octanol–water partition coefficient (Wildman–Crippen LogP) is 3.29. The van der Waals surface area contributed by atoms with Crippen LogP contribution in [0.3, 0.4) is 0 Å². The molecule has 2 N–H and O–H groups in total. The molecule has 2 aromatic carbocycles. The zero-order chi connectivity index (χ0) is 15.4. The van der Waals surface area contributed by atoms with Crippen LogP contribution in [0.25, 0.3) is 0 Å². The van der Waals surface area contributed by atoms with Crippen molar-refractivity contribution in [3.05, 3.63) is 65.2 Å². The van der Waals surface area contributed by atoms with E-state index in [1.165, 1.54) is 24.0 Å². The van der Waals surface area contributed by atoms with Crippen molar-refractivity contribution in [1.82, 2.24) is 5.32 Å². The molecule has 1 atom stereocenters. The highest BCUT2D eigenvalue weighted by Gasteiger charge is 2.15. The minimum absolute atomic E-state index is 0.0179. The van der Waals surface area contributed by atoms with Crippen molar-refractivity contribution in [2.75, 3.05) is 5.32 Å². The summed E-state index contributed by atoms with van der Waals surface area (Å²) in [4.78, 5) is 12.2. The molecule has 1 aliphatic rings. The fourth-order valence-corrected chi connectivity index (χ4v) is 2.92. The quantitative estimate of drug-likeness (QED) is 0.888. The van der Waals surface area contributed by atoms with Gasteiger partial charge in [-0.15, -0.1) is 0 Å². The van der Waals surface area contributed by atoms with Crippen molar-refractivity contribution in [2.24, 2.45) is 0 Å². The fraction of sp³-hybridized carbons (Fsp3) is 0.316. The monoisotopic (exact) mass is 294 g/mol. The zero-order valence-electron chi connectivity index (χ0n) is 12.9. The fourth-order valence-electron chi connectivity index (χ4n) is 2.92. The van der Waals surface area contributed by atoms with Crippen LogP contribution in [0.1, 0.15) is 30.0 Å². The van der Waals surface area contributed by atoms with Crippen molar-refractivity contribution < 1.29 is 4.79 Å². The predicted molar refractivity (Wildman–Crippen MR) is 89.8 cm³/mol. The molecule has 2 aromatic rings. The lowest BCUT2D eigenvalue weighted by molar-refractivity contribution is -0.121. The van der Waals surface area contributed by atoms with Gasteiger partial charge in [-0.05, 0) is 55.0 Å². The molecule has 1 amide bonds. The van der Waals surface area contributed by atoms with Gasteiger partial charge in [0.15, 0.2) is 0 Å². The summed E-state index contributed by atoms with van der Waals surface area (Å²) in [7, 11) is 0. The van der Waals surface area contributed by atoms with Crippen LogP contribution < -0.4 is 10.6 Å². The Balaban J connectivity index is 1.55. The third-order valence-electron chi connectivity index (χ3n) is 4.18. The molecule has 0 heterocycles. The summed E-state index contributed by atoms with van der Waals surface area (Å²) >= 11 is 0. The summed E-state index contributed by atoms with van der Waals surface area (Å²) in [5.41, 5.74) is 5.01. The second-order valence-corrected chi connectivity index (χ2v) is 5.91. The van der Waals surface area contributed by atoms with Gasteiger partial charge in [0.25, 0.3) is 0 Å². The van der Waals surface area contributed by atoms with E-state index in [9.17, 15) is 4.79 Å². The maximum atomic E-state index is 12.2. The maximum absolute atomic E-state index is 12.2. The molecule has 0 saturated heterocycles. The smallest absolute Gasteiger partial charge is 0.242 e. The Hall–Kier alpha value is -2.29. The van der Waals surface area contributed by atoms with Gasteiger partial charge < -0.3 is 10.6 Å². The molecule has 0 aliphatic heterocycles. The van der Waals surface area contributed by atoms with Gasteiger partial charge in [-0.25, -0.2) is 0 Å². The van der Waals surface area contributed by atoms with Crippen LogP contribution in [0, 0.1) is 0 Å². The molecule has 1 aliphatic carbocycles. The maximum Gasteiger partial charge on any atom is 0.242 e. The van der Waals surface area contributed by atoms with Gasteiger partial charge in [-0.3, -0.25) is 4.79 Å². The van der Waals surface area contributed by atoms with E-state index in [0.717, 1.165) is 17.7 Å². The molecule has 3 rings (SSSR count). The molecule has 0 bridgehead atoms. The zero-order valence-corrected chi connectivity index (χ0v) is 12.9. The molecule has 1 unspecified atom stereocenters. The minimum atomic E-state index is -0.247. The molecule has 0 radical (unpaired) electrons. The number of anilines is 1. The molecular formula is C19H22N2O. The second kappa shape index (κ2) is 6.65. The topological polar surface area (TPSA) is 41.1 Å². The van der Waals surface area contributed by atoms with Gasteiger partial charge in [0.05, 0.1) is 0 Å². The van der Waals surface area contributed by atoms with Crippen LogP contribution in [0.5, 0.6) is 0 Å². The van der Waals surface area contributed by atoms with E-state index in [4.69, 9.17) is 0 Å². The molecule has 0 spiro atoms. The van der Waals surface area contributed by atoms with Crippen molar-refractivity contribution in [3.8, 4) is 0 Å². The van der Waals surface area contributed by atoms with Crippen molar-refractivity contribution in [3.63, 3.8) is 0 Å². The third kappa shape index (κ3) is 3.48. The van der Waals surface area contributed by atoms with Crippen molar-refractivity contribution >= 4 is 11.6 Å². The number of amides is 1. The lowest BCUT2D eigenvalue weighted by Gasteiger charge is -2.16. The van der Waals surface area contributed by atoms with E-state index in [2.05, 4.69) is 28.8 Å². The first kappa shape index (κ1) is 14.6. The van der Waals surface area contributed by atoms with Gasteiger partial charge in [0.1, 0.15) is 6.04 Å². The lowest BCUT2D eigenvalue weighted by Crippen LogP contribution is -2.37. The van der Waals surface area contributed by atoms with Gasteiger partial charge >= 0.3 is 0 Å². The van der Waals surface area contributed by atoms with Crippen LogP contribution in [0.2, 0.25) is 0 Å². The van der Waals surface area contributed by atoms with E-state index >= 15 is 0 Å². The number of benzene rings is 2. The van der Waals surface area contributed by atoms with Crippen LogP contribution in [0.15, 0.2) is 48.5 Å². The first-order chi connectivity index (χ1) is 10.7. The highest BCUT2D eigenvalue weighted by atomic mass is 16.2. The largest absolute Gasteiger partial charge is 0.374 e. The summed E-state index contributed by atoms with van der Waals surface area (Å²) in [6, 6.07) is 16.2. The summed E-state index contributed by atoms with van der Waals surface area (Å²) in [6.45, 7) is 2.46. The number of carbonyl (C=O) groups excluding carboxylic acids is 1. The average Bonchev–Trinajstić information content (AvgIpc) is 3.01. The van der Waals surface area contributed by atoms with Crippen molar-refractivity contribution in [1.29, 1.82) is 0 Å². The number of hydrogen-bond acceptors (Lipinski definition) is 2. The van der Waals surface area contributed by atoms with Crippen LogP contribution in [-0.4, -0.2) is 11.9 Å². The van der Waals surface area contributed by atoms with Crippen LogP contribution in [-0.2, 0) is 24.2 Å². The van der Waals surface area contributed by atoms with E-state index in [1.54, 1.807) is 0 Å². The van der Waals surface area contributed by atoms with E-state index in [0.29, 0.717) is 6.54 Å². The molecule has 3 heteroatoms. The Morgan fingerprint density at radius 1 is 1.09 bits per heavy atom. The Labute approximate surface area is 131 Å². The number of hydrogen-bond donors (Lipinski definition) is 2. The Bertz CT molecular complexity index is 652. The second-order valence-electron chi connectivity index (χ2n) is 5.91. The van der Waals surface area contributed by atoms with Crippen molar-refractivity contribution in [2.45, 2.75) is 38.8 Å². The summed E-state index contributed by atoms with van der Waals surface area (Å²) < 4.78 is 0. The molecule has 114 valence electrons. The van der Waals surface area contributed by atoms with E-state index in [1.807, 2.05) is 37.3 Å². The van der Waals surface area contributed by atoms with Gasteiger partial charge in [0.2, 0.25) is 5.91 Å². The Morgan fingerprint density at radius 2 is 1.86 bits per heavy atom. The number of carbonyl (C=O) groups is 1. The third-order valence-corrected chi connectivity index (χ3v) is 4.18. The minimum Gasteiger partial charge on any atom is -0.374 e. The summed E-state index contributed by atoms with van der Waals surface area (Å²) in [5.74, 6) is 0.0179. The highest BCUT2D eigenvalue weighted by Crippen LogP contribution is 2.25. The number of rotatable bonds is 5. The molecular weight excluding hydrogens is 272 g/mol. The normalized spacial score (nSPS) is 14.2. The lowest BCUT2D eigenvalue weighted by atomic mass is 10.1. The standard InChI is InChI=1S/C19H22N2O/c1-14(19(22)20-13-15-6-3-2-4-7-15)21-18-11-10-16-8-5-9-17(16)12-18/h2-4,6-7,10-12,14,21H,5,8-9,13H2,1H3,(H,20,22). The summed E-state index contributed by atoms with van der Waals surface area (Å²) in [6.07, 6.45) is 3.58. The molecule has 3 nitrogen and oxygen atoms in total. The number of aryl methyl sites for hydroxylation is 2. The Kier molecular flexibility index (Phi) is 4.42. The number of fused-ring (bicyclic) bond motifs is 1. The molecule has 0 saturated carbocycles. The van der Waals surface area contributed by atoms with Gasteiger partial charge in [-0.1, -0.05) is 36.4 Å². The molecule has 0 fully saturated rings.